The van der Waals surface area contributed by atoms with Crippen molar-refractivity contribution in [1.29, 1.82) is 0 Å². The summed E-state index contributed by atoms with van der Waals surface area (Å²) >= 11 is 7.11. The lowest BCUT2D eigenvalue weighted by Gasteiger charge is -2.55. The number of aliphatic hydroxyl groups is 2. The highest BCUT2D eigenvalue weighted by Crippen LogP contribution is 2.63. The summed E-state index contributed by atoms with van der Waals surface area (Å²) in [5.41, 5.74) is 0.847. The van der Waals surface area contributed by atoms with Gasteiger partial charge in [-0.3, -0.25) is 0 Å². The molecular formula is C19H29ClO2. The van der Waals surface area contributed by atoms with Gasteiger partial charge in [0.15, 0.2) is 0 Å². The lowest BCUT2D eigenvalue weighted by Crippen LogP contribution is -2.60. The zero-order valence-electron chi connectivity index (χ0n) is 13.7. The van der Waals surface area contributed by atoms with Crippen LogP contribution in [0.25, 0.3) is 0 Å². The highest BCUT2D eigenvalue weighted by Gasteiger charge is 2.63. The Labute approximate surface area is 138 Å². The van der Waals surface area contributed by atoms with Gasteiger partial charge in [0.25, 0.3) is 0 Å². The third-order valence-electron chi connectivity index (χ3n) is 7.57. The summed E-state index contributed by atoms with van der Waals surface area (Å²) in [5.74, 6) is 0.870. The Kier molecular flexibility index (Phi) is 3.50. The number of hydrogen-bond acceptors (Lipinski definition) is 2. The van der Waals surface area contributed by atoms with Crippen LogP contribution < -0.4 is 0 Å². The maximum atomic E-state index is 11.7. The molecule has 6 atom stereocenters. The van der Waals surface area contributed by atoms with E-state index in [-0.39, 0.29) is 11.5 Å². The van der Waals surface area contributed by atoms with Gasteiger partial charge >= 0.3 is 0 Å². The van der Waals surface area contributed by atoms with Crippen LogP contribution in [0.15, 0.2) is 11.6 Å². The topological polar surface area (TPSA) is 40.5 Å². The first-order valence-electron chi connectivity index (χ1n) is 9.17. The van der Waals surface area contributed by atoms with E-state index in [9.17, 15) is 10.2 Å². The van der Waals surface area contributed by atoms with Crippen LogP contribution in [0.1, 0.15) is 71.1 Å². The zero-order chi connectivity index (χ0) is 15.6. The van der Waals surface area contributed by atoms with Gasteiger partial charge in [-0.2, -0.15) is 0 Å². The Balaban J connectivity index is 1.74. The average Bonchev–Trinajstić information content (AvgIpc) is 2.82. The Morgan fingerprint density at radius 2 is 1.91 bits per heavy atom. The normalized spacial score (nSPS) is 54.7. The van der Waals surface area contributed by atoms with E-state index in [1.54, 1.807) is 0 Å². The van der Waals surface area contributed by atoms with Gasteiger partial charge < -0.3 is 10.2 Å². The molecule has 4 aliphatic carbocycles. The van der Waals surface area contributed by atoms with Crippen molar-refractivity contribution >= 4 is 11.6 Å². The van der Waals surface area contributed by atoms with Gasteiger partial charge in [-0.15, -0.1) is 11.6 Å². The molecule has 0 heterocycles. The number of hydrogen-bond donors (Lipinski definition) is 2. The summed E-state index contributed by atoms with van der Waals surface area (Å²) in [6.07, 6.45) is 12.2. The number of rotatable bonds is 0. The molecule has 0 amide bonds. The van der Waals surface area contributed by atoms with Gasteiger partial charge in [-0.1, -0.05) is 25.0 Å². The molecular weight excluding hydrogens is 296 g/mol. The zero-order valence-corrected chi connectivity index (χ0v) is 14.4. The second-order valence-corrected chi connectivity index (χ2v) is 9.45. The second kappa shape index (κ2) is 4.97. The van der Waals surface area contributed by atoms with Crippen LogP contribution in [0.5, 0.6) is 0 Å². The quantitative estimate of drug-likeness (QED) is 0.518. The first-order valence-corrected chi connectivity index (χ1v) is 9.55. The van der Waals surface area contributed by atoms with Crippen LogP contribution >= 0.6 is 11.6 Å². The lowest BCUT2D eigenvalue weighted by atomic mass is 9.56. The molecule has 2 N–H and O–H groups in total. The SMILES string of the molecule is CC12CCCC1[C@@]1(O)CCC3CCC(O)CC3=CC1(Cl)CC2. The van der Waals surface area contributed by atoms with Crippen LogP contribution in [0, 0.1) is 17.3 Å². The van der Waals surface area contributed by atoms with Gasteiger partial charge in [0.2, 0.25) is 0 Å². The molecule has 3 saturated carbocycles. The first-order chi connectivity index (χ1) is 10.4. The predicted molar refractivity (Wildman–Crippen MR) is 88.9 cm³/mol. The lowest BCUT2D eigenvalue weighted by molar-refractivity contribution is -0.116. The molecule has 0 aromatic rings. The van der Waals surface area contributed by atoms with Crippen LogP contribution in [-0.4, -0.2) is 26.8 Å². The molecule has 0 spiro atoms. The van der Waals surface area contributed by atoms with Crippen LogP contribution in [0.4, 0.5) is 0 Å². The fourth-order valence-electron chi connectivity index (χ4n) is 6.21. The number of aliphatic hydroxyl groups excluding tert-OH is 1. The average molecular weight is 325 g/mol. The minimum atomic E-state index is -0.757. The predicted octanol–water partition coefficient (Wildman–Crippen LogP) is 4.18. The van der Waals surface area contributed by atoms with Gasteiger partial charge in [-0.05, 0) is 75.0 Å². The molecule has 124 valence electrons. The molecule has 0 saturated heterocycles. The molecule has 0 aliphatic heterocycles. The molecule has 0 aromatic carbocycles. The standard InChI is InChI=1S/C19H29ClO2/c1-17-7-2-3-16(17)19(22)8-6-13-4-5-15(21)11-14(13)12-18(19,20)10-9-17/h12-13,15-16,21-22H,2-11H2,1H3/t13?,15?,16?,17?,18?,19-/m0/s1. The van der Waals surface area contributed by atoms with E-state index >= 15 is 0 Å². The largest absolute Gasteiger partial charge is 0.393 e. The number of fused-ring (bicyclic) bond motifs is 4. The number of halogens is 1. The molecule has 0 bridgehead atoms. The van der Waals surface area contributed by atoms with Gasteiger partial charge in [0, 0.05) is 0 Å². The molecule has 4 aliphatic rings. The minimum Gasteiger partial charge on any atom is -0.393 e. The van der Waals surface area contributed by atoms with Crippen molar-refractivity contribution in [3.8, 4) is 0 Å². The van der Waals surface area contributed by atoms with Gasteiger partial charge in [0.05, 0.1) is 16.6 Å². The van der Waals surface area contributed by atoms with Crippen LogP contribution in [-0.2, 0) is 0 Å². The van der Waals surface area contributed by atoms with Crippen molar-refractivity contribution in [3.05, 3.63) is 11.6 Å². The third kappa shape index (κ3) is 2.06. The van der Waals surface area contributed by atoms with Crippen molar-refractivity contribution in [3.63, 3.8) is 0 Å². The van der Waals surface area contributed by atoms with Crippen molar-refractivity contribution < 1.29 is 10.2 Å². The van der Waals surface area contributed by atoms with Crippen molar-refractivity contribution in [1.82, 2.24) is 0 Å². The van der Waals surface area contributed by atoms with Gasteiger partial charge in [0.1, 0.15) is 0 Å². The molecule has 3 heteroatoms. The summed E-state index contributed by atoms with van der Waals surface area (Å²) in [6, 6.07) is 0. The highest BCUT2D eigenvalue weighted by molar-refractivity contribution is 6.26. The molecule has 2 nitrogen and oxygen atoms in total. The highest BCUT2D eigenvalue weighted by atomic mass is 35.5. The Morgan fingerprint density at radius 3 is 2.73 bits per heavy atom. The van der Waals surface area contributed by atoms with E-state index in [2.05, 4.69) is 13.0 Å². The minimum absolute atomic E-state index is 0.214. The summed E-state index contributed by atoms with van der Waals surface area (Å²) in [6.45, 7) is 2.37. The van der Waals surface area contributed by atoms with Crippen molar-refractivity contribution in [2.75, 3.05) is 0 Å². The molecule has 0 aromatic heterocycles. The summed E-state index contributed by atoms with van der Waals surface area (Å²) in [5, 5.41) is 21.8. The van der Waals surface area contributed by atoms with Crippen LogP contribution in [0.3, 0.4) is 0 Å². The molecule has 22 heavy (non-hydrogen) atoms. The van der Waals surface area contributed by atoms with E-state index in [4.69, 9.17) is 11.6 Å². The third-order valence-corrected chi connectivity index (χ3v) is 8.20. The molecule has 5 unspecified atom stereocenters. The fourth-order valence-corrected chi connectivity index (χ4v) is 6.68. The van der Waals surface area contributed by atoms with Gasteiger partial charge in [-0.25, -0.2) is 0 Å². The Hall–Kier alpha value is -0.0500. The number of alkyl halides is 1. The monoisotopic (exact) mass is 324 g/mol. The van der Waals surface area contributed by atoms with Crippen molar-refractivity contribution in [2.45, 2.75) is 87.7 Å². The Bertz CT molecular complexity index is 504. The summed E-state index contributed by atoms with van der Waals surface area (Å²) in [7, 11) is 0. The van der Waals surface area contributed by atoms with E-state index in [0.717, 1.165) is 51.4 Å². The molecule has 0 radical (unpaired) electrons. The molecule has 4 rings (SSSR count). The Morgan fingerprint density at radius 1 is 1.09 bits per heavy atom. The first kappa shape index (κ1) is 15.5. The summed E-state index contributed by atoms with van der Waals surface area (Å²) < 4.78 is 0. The fraction of sp³-hybridized carbons (Fsp3) is 0.895. The maximum absolute atomic E-state index is 11.7. The van der Waals surface area contributed by atoms with Crippen LogP contribution in [0.2, 0.25) is 0 Å². The van der Waals surface area contributed by atoms with E-state index in [0.29, 0.717) is 11.8 Å². The second-order valence-electron chi connectivity index (χ2n) is 8.78. The smallest absolute Gasteiger partial charge is 0.0918 e. The van der Waals surface area contributed by atoms with E-state index < -0.39 is 10.5 Å². The molecule has 3 fully saturated rings. The summed E-state index contributed by atoms with van der Waals surface area (Å²) in [4.78, 5) is -0.608. The van der Waals surface area contributed by atoms with Crippen molar-refractivity contribution in [2.24, 2.45) is 17.3 Å². The maximum Gasteiger partial charge on any atom is 0.0918 e. The van der Waals surface area contributed by atoms with E-state index in [1.165, 1.54) is 18.4 Å². The van der Waals surface area contributed by atoms with E-state index in [1.807, 2.05) is 0 Å².